The van der Waals surface area contributed by atoms with Gasteiger partial charge in [0.05, 0.1) is 12.3 Å². The van der Waals surface area contributed by atoms with Gasteiger partial charge >= 0.3 is 0 Å². The molecule has 3 rings (SSSR count). The first kappa shape index (κ1) is 16.6. The number of aromatic nitrogens is 1. The van der Waals surface area contributed by atoms with Crippen LogP contribution >= 0.6 is 0 Å². The quantitative estimate of drug-likeness (QED) is 0.933. The van der Waals surface area contributed by atoms with Crippen molar-refractivity contribution in [3.63, 3.8) is 0 Å². The van der Waals surface area contributed by atoms with Crippen LogP contribution < -0.4 is 0 Å². The van der Waals surface area contributed by atoms with E-state index in [-0.39, 0.29) is 12.5 Å². The first-order valence-electron chi connectivity index (χ1n) is 8.30. The smallest absolute Gasteiger partial charge is 0.254 e. The topological polar surface area (TPSA) is 56.7 Å². The van der Waals surface area contributed by atoms with Crippen molar-refractivity contribution in [3.05, 3.63) is 65.5 Å². The number of piperazine rings is 1. The van der Waals surface area contributed by atoms with Gasteiger partial charge in [0, 0.05) is 44.0 Å². The normalized spacial score (nSPS) is 18.6. The maximum atomic E-state index is 12.7. The van der Waals surface area contributed by atoms with Crippen LogP contribution in [0.5, 0.6) is 0 Å². The summed E-state index contributed by atoms with van der Waals surface area (Å²) in [6.45, 7) is 5.21. The van der Waals surface area contributed by atoms with Crippen LogP contribution in [0.3, 0.4) is 0 Å². The van der Waals surface area contributed by atoms with Gasteiger partial charge in [-0.15, -0.1) is 0 Å². The highest BCUT2D eigenvalue weighted by molar-refractivity contribution is 5.94. The Kier molecular flexibility index (Phi) is 5.23. The molecule has 0 saturated carbocycles. The molecule has 1 atom stereocenters. The Morgan fingerprint density at radius 2 is 2.04 bits per heavy atom. The molecule has 24 heavy (non-hydrogen) atoms. The Morgan fingerprint density at radius 1 is 1.25 bits per heavy atom. The minimum atomic E-state index is -0.150. The van der Waals surface area contributed by atoms with Crippen molar-refractivity contribution >= 4 is 5.91 Å². The lowest BCUT2D eigenvalue weighted by Gasteiger charge is -2.40. The van der Waals surface area contributed by atoms with E-state index < -0.39 is 0 Å². The molecule has 1 unspecified atom stereocenters. The summed E-state index contributed by atoms with van der Waals surface area (Å²) >= 11 is 0. The summed E-state index contributed by atoms with van der Waals surface area (Å²) in [5.41, 5.74) is 2.42. The molecule has 0 aliphatic carbocycles. The van der Waals surface area contributed by atoms with Crippen molar-refractivity contribution in [3.8, 4) is 0 Å². The van der Waals surface area contributed by atoms with Crippen molar-refractivity contribution in [2.24, 2.45) is 0 Å². The molecule has 1 fully saturated rings. The van der Waals surface area contributed by atoms with Gasteiger partial charge in [0.2, 0.25) is 0 Å². The Bertz CT molecular complexity index is 690. The molecule has 1 aromatic carbocycles. The summed E-state index contributed by atoms with van der Waals surface area (Å²) in [5, 5.41) is 9.18. The van der Waals surface area contributed by atoms with E-state index >= 15 is 0 Å². The molecule has 2 aromatic rings. The zero-order valence-corrected chi connectivity index (χ0v) is 13.9. The number of aliphatic hydroxyl groups is 1. The van der Waals surface area contributed by atoms with E-state index in [9.17, 15) is 9.90 Å². The summed E-state index contributed by atoms with van der Waals surface area (Å²) < 4.78 is 0. The van der Waals surface area contributed by atoms with Gasteiger partial charge in [0.25, 0.3) is 5.91 Å². The third-order valence-electron chi connectivity index (χ3n) is 4.51. The van der Waals surface area contributed by atoms with Crippen LogP contribution in [-0.4, -0.2) is 51.5 Å². The minimum Gasteiger partial charge on any atom is -0.390 e. The van der Waals surface area contributed by atoms with E-state index in [1.165, 1.54) is 5.56 Å². The first-order valence-corrected chi connectivity index (χ1v) is 8.30. The second-order valence-corrected chi connectivity index (χ2v) is 6.25. The molecule has 2 heterocycles. The van der Waals surface area contributed by atoms with Gasteiger partial charge in [-0.05, 0) is 24.6 Å². The number of pyridine rings is 1. The predicted octanol–water partition coefficient (Wildman–Crippen LogP) is 1.92. The fraction of sp³-hybridized carbons (Fsp3) is 0.368. The second-order valence-electron chi connectivity index (χ2n) is 6.25. The van der Waals surface area contributed by atoms with Crippen molar-refractivity contribution in [2.45, 2.75) is 26.1 Å². The third-order valence-corrected chi connectivity index (χ3v) is 4.51. The fourth-order valence-electron chi connectivity index (χ4n) is 3.11. The Hall–Kier alpha value is -2.24. The SMILES string of the molecule is CC1CN(C(=O)c2ccnc(CO)c2)CCN1Cc1ccccc1. The summed E-state index contributed by atoms with van der Waals surface area (Å²) in [4.78, 5) is 21.0. The van der Waals surface area contributed by atoms with E-state index in [2.05, 4.69) is 41.1 Å². The zero-order chi connectivity index (χ0) is 16.9. The molecule has 1 N–H and O–H groups in total. The fourth-order valence-corrected chi connectivity index (χ4v) is 3.11. The number of nitrogens with zero attached hydrogens (tertiary/aromatic N) is 3. The number of amides is 1. The average Bonchev–Trinajstić information content (AvgIpc) is 2.63. The standard InChI is InChI=1S/C19H23N3O2/c1-15-12-22(19(24)17-7-8-20-18(11-17)14-23)10-9-21(15)13-16-5-3-2-4-6-16/h2-8,11,15,23H,9-10,12-14H2,1H3. The van der Waals surface area contributed by atoms with Gasteiger partial charge in [-0.25, -0.2) is 0 Å². The largest absolute Gasteiger partial charge is 0.390 e. The highest BCUT2D eigenvalue weighted by Gasteiger charge is 2.27. The number of benzene rings is 1. The molecule has 126 valence electrons. The molecule has 1 aliphatic rings. The molecule has 5 heteroatoms. The van der Waals surface area contributed by atoms with E-state index in [1.807, 2.05) is 11.0 Å². The maximum absolute atomic E-state index is 12.7. The highest BCUT2D eigenvalue weighted by Crippen LogP contribution is 2.16. The number of rotatable bonds is 4. The van der Waals surface area contributed by atoms with Gasteiger partial charge in [-0.3, -0.25) is 14.7 Å². The van der Waals surface area contributed by atoms with Crippen LogP contribution in [0.25, 0.3) is 0 Å². The minimum absolute atomic E-state index is 0.0123. The number of carbonyl (C=O) groups is 1. The van der Waals surface area contributed by atoms with Crippen molar-refractivity contribution in [1.29, 1.82) is 0 Å². The van der Waals surface area contributed by atoms with E-state index in [0.29, 0.717) is 30.4 Å². The molecule has 1 aliphatic heterocycles. The van der Waals surface area contributed by atoms with Crippen LogP contribution in [0.1, 0.15) is 28.5 Å². The monoisotopic (exact) mass is 325 g/mol. The Labute approximate surface area is 142 Å². The molecule has 0 radical (unpaired) electrons. The summed E-state index contributed by atoms with van der Waals surface area (Å²) in [7, 11) is 0. The molecule has 1 aromatic heterocycles. The summed E-state index contributed by atoms with van der Waals surface area (Å²) in [5.74, 6) is 0.0123. The van der Waals surface area contributed by atoms with Crippen LogP contribution in [0.15, 0.2) is 48.7 Å². The van der Waals surface area contributed by atoms with Gasteiger partial charge in [-0.1, -0.05) is 30.3 Å². The van der Waals surface area contributed by atoms with Crippen molar-refractivity contribution in [2.75, 3.05) is 19.6 Å². The molecule has 1 saturated heterocycles. The summed E-state index contributed by atoms with van der Waals surface area (Å²) in [6, 6.07) is 14.1. The number of carbonyl (C=O) groups excluding carboxylic acids is 1. The first-order chi connectivity index (χ1) is 11.7. The van der Waals surface area contributed by atoms with E-state index in [0.717, 1.165) is 13.1 Å². The highest BCUT2D eigenvalue weighted by atomic mass is 16.3. The maximum Gasteiger partial charge on any atom is 0.254 e. The van der Waals surface area contributed by atoms with Gasteiger partial charge in [-0.2, -0.15) is 0 Å². The van der Waals surface area contributed by atoms with E-state index in [1.54, 1.807) is 18.3 Å². The molecule has 1 amide bonds. The lowest BCUT2D eigenvalue weighted by Crippen LogP contribution is -2.53. The number of aliphatic hydroxyl groups excluding tert-OH is 1. The van der Waals surface area contributed by atoms with Crippen LogP contribution in [-0.2, 0) is 13.2 Å². The Balaban J connectivity index is 1.63. The predicted molar refractivity (Wildman–Crippen MR) is 92.4 cm³/mol. The molecule has 0 bridgehead atoms. The summed E-state index contributed by atoms with van der Waals surface area (Å²) in [6.07, 6.45) is 1.58. The van der Waals surface area contributed by atoms with Gasteiger partial charge < -0.3 is 10.0 Å². The number of hydrogen-bond donors (Lipinski definition) is 1. The van der Waals surface area contributed by atoms with Gasteiger partial charge in [0.15, 0.2) is 0 Å². The lowest BCUT2D eigenvalue weighted by molar-refractivity contribution is 0.0495. The second kappa shape index (κ2) is 7.55. The lowest BCUT2D eigenvalue weighted by atomic mass is 10.1. The van der Waals surface area contributed by atoms with Crippen LogP contribution in [0.4, 0.5) is 0 Å². The zero-order valence-electron chi connectivity index (χ0n) is 13.9. The molecular weight excluding hydrogens is 302 g/mol. The van der Waals surface area contributed by atoms with Crippen molar-refractivity contribution < 1.29 is 9.90 Å². The Morgan fingerprint density at radius 3 is 2.75 bits per heavy atom. The van der Waals surface area contributed by atoms with Crippen molar-refractivity contribution in [1.82, 2.24) is 14.8 Å². The average molecular weight is 325 g/mol. The van der Waals surface area contributed by atoms with Gasteiger partial charge in [0.1, 0.15) is 0 Å². The van der Waals surface area contributed by atoms with Crippen LogP contribution in [0, 0.1) is 0 Å². The van der Waals surface area contributed by atoms with Crippen LogP contribution in [0.2, 0.25) is 0 Å². The molecular formula is C19H23N3O2. The van der Waals surface area contributed by atoms with E-state index in [4.69, 9.17) is 0 Å². The number of hydrogen-bond acceptors (Lipinski definition) is 4. The molecule has 0 spiro atoms. The third kappa shape index (κ3) is 3.80. The molecule has 5 nitrogen and oxygen atoms in total.